The van der Waals surface area contributed by atoms with Crippen molar-refractivity contribution >= 4 is 57.7 Å². The standard InChI is InChI=1S/C10H8Cl2INO3/c1-17-8(15)4-14-10(16)6-2-5(11)3-7(12)9(6)13/h2-3H,4H2,1H3,(H,14,16). The number of benzene rings is 1. The van der Waals surface area contributed by atoms with Crippen LogP contribution in [0, 0.1) is 3.57 Å². The average molecular weight is 388 g/mol. The van der Waals surface area contributed by atoms with Crippen molar-refractivity contribution in [2.45, 2.75) is 0 Å². The SMILES string of the molecule is COC(=O)CNC(=O)c1cc(Cl)cc(Cl)c1I. The first kappa shape index (κ1) is 14.5. The van der Waals surface area contributed by atoms with Gasteiger partial charge in [-0.3, -0.25) is 9.59 Å². The van der Waals surface area contributed by atoms with Gasteiger partial charge in [0.1, 0.15) is 6.54 Å². The van der Waals surface area contributed by atoms with Crippen molar-refractivity contribution < 1.29 is 14.3 Å². The lowest BCUT2D eigenvalue weighted by atomic mass is 10.2. The molecule has 1 rings (SSSR count). The Morgan fingerprint density at radius 1 is 1.41 bits per heavy atom. The maximum Gasteiger partial charge on any atom is 0.325 e. The third kappa shape index (κ3) is 4.01. The second-order valence-corrected chi connectivity index (χ2v) is 4.93. The second kappa shape index (κ2) is 6.42. The van der Waals surface area contributed by atoms with Gasteiger partial charge in [-0.15, -0.1) is 0 Å². The second-order valence-electron chi connectivity index (χ2n) is 3.01. The van der Waals surface area contributed by atoms with Gasteiger partial charge >= 0.3 is 5.97 Å². The molecule has 4 nitrogen and oxygen atoms in total. The fourth-order valence-electron chi connectivity index (χ4n) is 1.04. The minimum absolute atomic E-state index is 0.199. The molecule has 0 spiro atoms. The molecule has 7 heteroatoms. The number of nitrogens with one attached hydrogen (secondary N) is 1. The molecule has 1 aromatic rings. The number of rotatable bonds is 3. The van der Waals surface area contributed by atoms with Crippen LogP contribution in [0.4, 0.5) is 0 Å². The molecule has 1 aromatic carbocycles. The molecule has 1 amide bonds. The predicted molar refractivity (Wildman–Crippen MR) is 73.5 cm³/mol. The lowest BCUT2D eigenvalue weighted by Crippen LogP contribution is -2.30. The molecule has 0 unspecified atom stereocenters. The number of halogens is 3. The van der Waals surface area contributed by atoms with Gasteiger partial charge in [0.05, 0.1) is 17.7 Å². The molecule has 0 aliphatic rings. The van der Waals surface area contributed by atoms with Crippen LogP contribution in [-0.2, 0) is 9.53 Å². The van der Waals surface area contributed by atoms with Crippen molar-refractivity contribution in [2.24, 2.45) is 0 Å². The molecule has 0 aliphatic heterocycles. The summed E-state index contributed by atoms with van der Waals surface area (Å²) in [5, 5.41) is 3.16. The lowest BCUT2D eigenvalue weighted by molar-refractivity contribution is -0.139. The number of methoxy groups -OCH3 is 1. The summed E-state index contributed by atoms with van der Waals surface area (Å²) in [6, 6.07) is 3.03. The van der Waals surface area contributed by atoms with Gasteiger partial charge < -0.3 is 10.1 Å². The quantitative estimate of drug-likeness (QED) is 0.492. The van der Waals surface area contributed by atoms with Gasteiger partial charge in [-0.05, 0) is 34.7 Å². The van der Waals surface area contributed by atoms with E-state index >= 15 is 0 Å². The Morgan fingerprint density at radius 2 is 2.06 bits per heavy atom. The Hall–Kier alpha value is -0.530. The molecule has 0 radical (unpaired) electrons. The fraction of sp³-hybridized carbons (Fsp3) is 0.200. The molecule has 0 atom stereocenters. The van der Waals surface area contributed by atoms with Crippen molar-refractivity contribution in [3.63, 3.8) is 0 Å². The molecule has 0 aliphatic carbocycles. The molecule has 0 saturated carbocycles. The summed E-state index contributed by atoms with van der Waals surface area (Å²) in [4.78, 5) is 22.6. The van der Waals surface area contributed by atoms with Crippen LogP contribution in [0.3, 0.4) is 0 Å². The third-order valence-corrected chi connectivity index (χ3v) is 3.86. The van der Waals surface area contributed by atoms with Gasteiger partial charge in [0.15, 0.2) is 0 Å². The summed E-state index contributed by atoms with van der Waals surface area (Å²) >= 11 is 13.6. The van der Waals surface area contributed by atoms with E-state index in [1.807, 2.05) is 22.6 Å². The highest BCUT2D eigenvalue weighted by molar-refractivity contribution is 14.1. The summed E-state index contributed by atoms with van der Waals surface area (Å²) in [5.41, 5.74) is 0.326. The van der Waals surface area contributed by atoms with Gasteiger partial charge in [-0.1, -0.05) is 23.2 Å². The maximum atomic E-state index is 11.7. The molecule has 0 aromatic heterocycles. The van der Waals surface area contributed by atoms with Crippen LogP contribution >= 0.6 is 45.8 Å². The van der Waals surface area contributed by atoms with Crippen LogP contribution in [0.5, 0.6) is 0 Å². The lowest BCUT2D eigenvalue weighted by Gasteiger charge is -2.07. The van der Waals surface area contributed by atoms with E-state index in [4.69, 9.17) is 23.2 Å². The summed E-state index contributed by atoms with van der Waals surface area (Å²) in [6.45, 7) is -0.199. The summed E-state index contributed by atoms with van der Waals surface area (Å²) in [7, 11) is 1.24. The maximum absolute atomic E-state index is 11.7. The van der Waals surface area contributed by atoms with E-state index in [1.165, 1.54) is 13.2 Å². The van der Waals surface area contributed by atoms with Crippen molar-refractivity contribution in [2.75, 3.05) is 13.7 Å². The van der Waals surface area contributed by atoms with Crippen LogP contribution in [0.25, 0.3) is 0 Å². The van der Waals surface area contributed by atoms with Crippen molar-refractivity contribution in [3.8, 4) is 0 Å². The molecular weight excluding hydrogens is 380 g/mol. The van der Waals surface area contributed by atoms with E-state index < -0.39 is 11.9 Å². The zero-order valence-electron chi connectivity index (χ0n) is 8.72. The highest BCUT2D eigenvalue weighted by atomic mass is 127. The van der Waals surface area contributed by atoms with Crippen LogP contribution in [0.2, 0.25) is 10.0 Å². The summed E-state index contributed by atoms with van der Waals surface area (Å²) in [5.74, 6) is -0.953. The minimum Gasteiger partial charge on any atom is -0.468 e. The topological polar surface area (TPSA) is 55.4 Å². The van der Waals surface area contributed by atoms with Gasteiger partial charge in [-0.2, -0.15) is 0 Å². The molecule has 1 N–H and O–H groups in total. The predicted octanol–water partition coefficient (Wildman–Crippen LogP) is 2.50. The van der Waals surface area contributed by atoms with Gasteiger partial charge in [0, 0.05) is 8.59 Å². The molecule has 0 fully saturated rings. The first-order valence-electron chi connectivity index (χ1n) is 4.45. The largest absolute Gasteiger partial charge is 0.468 e. The van der Waals surface area contributed by atoms with E-state index in [1.54, 1.807) is 6.07 Å². The smallest absolute Gasteiger partial charge is 0.325 e. The Labute approximate surface area is 122 Å². The van der Waals surface area contributed by atoms with Crippen LogP contribution in [-0.4, -0.2) is 25.5 Å². The van der Waals surface area contributed by atoms with Crippen LogP contribution in [0.1, 0.15) is 10.4 Å². The average Bonchev–Trinajstić information content (AvgIpc) is 2.30. The fourth-order valence-corrected chi connectivity index (χ4v) is 2.09. The van der Waals surface area contributed by atoms with Crippen LogP contribution in [0.15, 0.2) is 12.1 Å². The highest BCUT2D eigenvalue weighted by Gasteiger charge is 2.14. The Bertz CT molecular complexity index is 465. The zero-order chi connectivity index (χ0) is 13.0. The van der Waals surface area contributed by atoms with Gasteiger partial charge in [0.2, 0.25) is 0 Å². The molecule has 0 heterocycles. The van der Waals surface area contributed by atoms with Crippen molar-refractivity contribution in [3.05, 3.63) is 31.3 Å². The summed E-state index contributed by atoms with van der Waals surface area (Å²) in [6.07, 6.45) is 0. The molecule has 92 valence electrons. The van der Waals surface area contributed by atoms with E-state index in [9.17, 15) is 9.59 Å². The number of hydrogen-bond donors (Lipinski definition) is 1. The van der Waals surface area contributed by atoms with Gasteiger partial charge in [0.25, 0.3) is 5.91 Å². The first-order chi connectivity index (χ1) is 7.95. The Balaban J connectivity index is 2.86. The molecule has 0 bridgehead atoms. The molecule has 0 saturated heterocycles. The Morgan fingerprint density at radius 3 is 2.65 bits per heavy atom. The third-order valence-electron chi connectivity index (χ3n) is 1.86. The van der Waals surface area contributed by atoms with Crippen molar-refractivity contribution in [1.82, 2.24) is 5.32 Å². The minimum atomic E-state index is -0.526. The highest BCUT2D eigenvalue weighted by Crippen LogP contribution is 2.26. The van der Waals surface area contributed by atoms with Crippen LogP contribution < -0.4 is 5.32 Å². The number of amides is 1. The first-order valence-corrected chi connectivity index (χ1v) is 6.28. The monoisotopic (exact) mass is 387 g/mol. The number of esters is 1. The van der Waals surface area contributed by atoms with Crippen molar-refractivity contribution in [1.29, 1.82) is 0 Å². The van der Waals surface area contributed by atoms with Gasteiger partial charge in [-0.25, -0.2) is 0 Å². The van der Waals surface area contributed by atoms with E-state index in [-0.39, 0.29) is 6.54 Å². The normalized spacial score (nSPS) is 9.88. The van der Waals surface area contributed by atoms with E-state index in [0.717, 1.165) is 0 Å². The number of ether oxygens (including phenoxy) is 1. The number of hydrogen-bond acceptors (Lipinski definition) is 3. The zero-order valence-corrected chi connectivity index (χ0v) is 12.4. The van der Waals surface area contributed by atoms with E-state index in [2.05, 4.69) is 10.1 Å². The molecular formula is C10H8Cl2INO3. The van der Waals surface area contributed by atoms with E-state index in [0.29, 0.717) is 19.2 Å². The number of carbonyl (C=O) groups is 2. The number of carbonyl (C=O) groups excluding carboxylic acids is 2. The Kier molecular flexibility index (Phi) is 5.48. The summed E-state index contributed by atoms with van der Waals surface area (Å²) < 4.78 is 4.99. The molecule has 17 heavy (non-hydrogen) atoms.